The lowest BCUT2D eigenvalue weighted by Crippen LogP contribution is -2.44. The van der Waals surface area contributed by atoms with Gasteiger partial charge in [-0.15, -0.1) is 0 Å². The van der Waals surface area contributed by atoms with E-state index in [0.29, 0.717) is 18.2 Å². The molecule has 1 aromatic carbocycles. The van der Waals surface area contributed by atoms with Crippen LogP contribution in [0.4, 0.5) is 5.69 Å². The zero-order chi connectivity index (χ0) is 15.2. The first kappa shape index (κ1) is 15.4. The predicted octanol–water partition coefficient (Wildman–Crippen LogP) is 1.74. The van der Waals surface area contributed by atoms with E-state index in [1.54, 1.807) is 30.1 Å². The number of nitrogens with zero attached hydrogens (tertiary/aromatic N) is 2. The number of para-hydroxylation sites is 1. The molecule has 1 N–H and O–H groups in total. The summed E-state index contributed by atoms with van der Waals surface area (Å²) >= 11 is 0. The Hall–Kier alpha value is -1.95. The van der Waals surface area contributed by atoms with E-state index in [1.807, 2.05) is 0 Å². The summed E-state index contributed by atoms with van der Waals surface area (Å²) < 4.78 is 0. The van der Waals surface area contributed by atoms with Crippen molar-refractivity contribution in [3.8, 4) is 0 Å². The van der Waals surface area contributed by atoms with Gasteiger partial charge < -0.3 is 10.2 Å². The van der Waals surface area contributed by atoms with Crippen molar-refractivity contribution in [2.24, 2.45) is 0 Å². The molecule has 1 aromatic rings. The number of carbonyl (C=O) groups is 1. The second-order valence-electron chi connectivity index (χ2n) is 5.48. The van der Waals surface area contributed by atoms with Crippen LogP contribution in [0.2, 0.25) is 0 Å². The van der Waals surface area contributed by atoms with E-state index in [-0.39, 0.29) is 18.0 Å². The molecule has 1 amide bonds. The Morgan fingerprint density at radius 3 is 2.86 bits per heavy atom. The molecular weight excluding hydrogens is 270 g/mol. The molecule has 1 unspecified atom stereocenters. The van der Waals surface area contributed by atoms with Gasteiger partial charge in [0.15, 0.2) is 0 Å². The number of amides is 1. The van der Waals surface area contributed by atoms with E-state index in [4.69, 9.17) is 0 Å². The van der Waals surface area contributed by atoms with Gasteiger partial charge in [-0.3, -0.25) is 14.9 Å². The lowest BCUT2D eigenvalue weighted by Gasteiger charge is -2.28. The molecule has 0 radical (unpaired) electrons. The van der Waals surface area contributed by atoms with Gasteiger partial charge in [-0.05, 0) is 19.4 Å². The highest BCUT2D eigenvalue weighted by molar-refractivity contribution is 5.79. The third-order valence-electron chi connectivity index (χ3n) is 3.86. The van der Waals surface area contributed by atoms with Crippen LogP contribution in [-0.4, -0.2) is 41.9 Å². The first-order valence-corrected chi connectivity index (χ1v) is 7.27. The van der Waals surface area contributed by atoms with Gasteiger partial charge in [-0.25, -0.2) is 0 Å². The third-order valence-corrected chi connectivity index (χ3v) is 3.86. The highest BCUT2D eigenvalue weighted by Crippen LogP contribution is 2.19. The Kier molecular flexibility index (Phi) is 5.27. The van der Waals surface area contributed by atoms with Crippen molar-refractivity contribution in [1.82, 2.24) is 10.2 Å². The van der Waals surface area contributed by atoms with Crippen LogP contribution >= 0.6 is 0 Å². The average molecular weight is 291 g/mol. The molecule has 1 aliphatic rings. The number of nitro benzene ring substituents is 1. The minimum atomic E-state index is -0.439. The number of carbonyl (C=O) groups excluding carboxylic acids is 1. The van der Waals surface area contributed by atoms with Crippen molar-refractivity contribution in [3.05, 3.63) is 39.9 Å². The summed E-state index contributed by atoms with van der Waals surface area (Å²) in [5.41, 5.74) is 0.478. The van der Waals surface area contributed by atoms with Gasteiger partial charge in [0.05, 0.1) is 11.3 Å². The molecule has 1 aliphatic heterocycles. The molecule has 0 aliphatic carbocycles. The van der Waals surface area contributed by atoms with Gasteiger partial charge in [0, 0.05) is 31.3 Å². The highest BCUT2D eigenvalue weighted by atomic mass is 16.6. The minimum Gasteiger partial charge on any atom is -0.344 e. The zero-order valence-corrected chi connectivity index (χ0v) is 12.2. The standard InChI is InChI=1S/C15H21N3O3/c1-17(11-13-7-4-5-9-16-13)15(19)10-12-6-2-3-8-14(12)18(20)21/h2-3,6,8,13,16H,4-5,7,9-11H2,1H3. The number of rotatable bonds is 5. The first-order valence-electron chi connectivity index (χ1n) is 7.27. The van der Waals surface area contributed by atoms with E-state index < -0.39 is 4.92 Å². The SMILES string of the molecule is CN(CC1CCCCN1)C(=O)Cc1ccccc1[N+](=O)[O-]. The number of nitro groups is 1. The number of piperidine rings is 1. The summed E-state index contributed by atoms with van der Waals surface area (Å²) in [5.74, 6) is -0.0864. The normalized spacial score (nSPS) is 18.2. The Morgan fingerprint density at radius 1 is 1.43 bits per heavy atom. The summed E-state index contributed by atoms with van der Waals surface area (Å²) in [6.07, 6.45) is 3.51. The van der Waals surface area contributed by atoms with Crippen molar-refractivity contribution in [2.45, 2.75) is 31.7 Å². The fourth-order valence-corrected chi connectivity index (χ4v) is 2.65. The van der Waals surface area contributed by atoms with Crippen LogP contribution in [0.15, 0.2) is 24.3 Å². The van der Waals surface area contributed by atoms with Crippen LogP contribution in [0.25, 0.3) is 0 Å². The summed E-state index contributed by atoms with van der Waals surface area (Å²) in [6.45, 7) is 1.65. The van der Waals surface area contributed by atoms with Gasteiger partial charge >= 0.3 is 0 Å². The van der Waals surface area contributed by atoms with Crippen LogP contribution in [-0.2, 0) is 11.2 Å². The van der Waals surface area contributed by atoms with E-state index in [0.717, 1.165) is 13.0 Å². The molecule has 2 rings (SSSR count). The van der Waals surface area contributed by atoms with Crippen molar-refractivity contribution < 1.29 is 9.72 Å². The Labute approximate surface area is 124 Å². The second kappa shape index (κ2) is 7.17. The number of hydrogen-bond acceptors (Lipinski definition) is 4. The Bertz CT molecular complexity index is 513. The minimum absolute atomic E-state index is 0.00930. The molecule has 0 spiro atoms. The lowest BCUT2D eigenvalue weighted by atomic mass is 10.0. The van der Waals surface area contributed by atoms with Crippen molar-refractivity contribution in [1.29, 1.82) is 0 Å². The molecule has 6 nitrogen and oxygen atoms in total. The number of likely N-dealkylation sites (N-methyl/N-ethyl adjacent to an activating group) is 1. The zero-order valence-electron chi connectivity index (χ0n) is 12.2. The molecule has 1 atom stereocenters. The monoisotopic (exact) mass is 291 g/mol. The molecule has 21 heavy (non-hydrogen) atoms. The van der Waals surface area contributed by atoms with Crippen molar-refractivity contribution >= 4 is 11.6 Å². The fraction of sp³-hybridized carbons (Fsp3) is 0.533. The second-order valence-corrected chi connectivity index (χ2v) is 5.48. The van der Waals surface area contributed by atoms with Gasteiger partial charge in [-0.2, -0.15) is 0 Å². The molecule has 0 aromatic heterocycles. The number of nitrogens with one attached hydrogen (secondary N) is 1. The molecular formula is C15H21N3O3. The average Bonchev–Trinajstić information content (AvgIpc) is 2.48. The van der Waals surface area contributed by atoms with Crippen LogP contribution in [0.1, 0.15) is 24.8 Å². The summed E-state index contributed by atoms with van der Waals surface area (Å²) in [7, 11) is 1.76. The van der Waals surface area contributed by atoms with E-state index in [1.165, 1.54) is 18.9 Å². The van der Waals surface area contributed by atoms with Crippen LogP contribution in [0.3, 0.4) is 0 Å². The summed E-state index contributed by atoms with van der Waals surface area (Å²) in [6, 6.07) is 6.74. The van der Waals surface area contributed by atoms with Gasteiger partial charge in [0.1, 0.15) is 0 Å². The summed E-state index contributed by atoms with van der Waals surface area (Å²) in [5, 5.41) is 14.4. The predicted molar refractivity (Wildman–Crippen MR) is 80.1 cm³/mol. The van der Waals surface area contributed by atoms with E-state index in [9.17, 15) is 14.9 Å². The Morgan fingerprint density at radius 2 is 2.19 bits per heavy atom. The molecule has 0 bridgehead atoms. The van der Waals surface area contributed by atoms with Gasteiger partial charge in [-0.1, -0.05) is 24.6 Å². The fourth-order valence-electron chi connectivity index (χ4n) is 2.65. The van der Waals surface area contributed by atoms with E-state index >= 15 is 0 Å². The highest BCUT2D eigenvalue weighted by Gasteiger charge is 2.20. The van der Waals surface area contributed by atoms with Gasteiger partial charge in [0.25, 0.3) is 5.69 Å². The Balaban J connectivity index is 1.95. The van der Waals surface area contributed by atoms with Crippen molar-refractivity contribution in [3.63, 3.8) is 0 Å². The number of hydrogen-bond donors (Lipinski definition) is 1. The third kappa shape index (κ3) is 4.26. The summed E-state index contributed by atoms with van der Waals surface area (Å²) in [4.78, 5) is 24.4. The van der Waals surface area contributed by atoms with Crippen LogP contribution in [0, 0.1) is 10.1 Å². The lowest BCUT2D eigenvalue weighted by molar-refractivity contribution is -0.385. The van der Waals surface area contributed by atoms with Gasteiger partial charge in [0.2, 0.25) is 5.91 Å². The molecule has 114 valence electrons. The molecule has 1 heterocycles. The molecule has 6 heteroatoms. The molecule has 1 saturated heterocycles. The smallest absolute Gasteiger partial charge is 0.273 e. The first-order chi connectivity index (χ1) is 10.1. The quantitative estimate of drug-likeness (QED) is 0.662. The maximum atomic E-state index is 12.2. The van der Waals surface area contributed by atoms with Crippen LogP contribution < -0.4 is 5.32 Å². The van der Waals surface area contributed by atoms with Crippen LogP contribution in [0.5, 0.6) is 0 Å². The maximum Gasteiger partial charge on any atom is 0.273 e. The maximum absolute atomic E-state index is 12.2. The molecule has 0 saturated carbocycles. The van der Waals surface area contributed by atoms with Crippen molar-refractivity contribution in [2.75, 3.05) is 20.1 Å². The van der Waals surface area contributed by atoms with E-state index in [2.05, 4.69) is 5.32 Å². The number of benzene rings is 1. The molecule has 1 fully saturated rings. The largest absolute Gasteiger partial charge is 0.344 e. The topological polar surface area (TPSA) is 75.5 Å².